The Balaban J connectivity index is 2.10. The van der Waals surface area contributed by atoms with Gasteiger partial charge in [-0.25, -0.2) is 9.59 Å². The van der Waals surface area contributed by atoms with E-state index in [9.17, 15) is 14.7 Å². The van der Waals surface area contributed by atoms with Gasteiger partial charge in [0.05, 0.1) is 0 Å². The van der Waals surface area contributed by atoms with Crippen LogP contribution in [0.4, 0.5) is 4.79 Å². The lowest BCUT2D eigenvalue weighted by Crippen LogP contribution is -2.52. The van der Waals surface area contributed by atoms with Crippen molar-refractivity contribution in [3.05, 3.63) is 30.3 Å². The van der Waals surface area contributed by atoms with E-state index in [1.165, 1.54) is 4.90 Å². The molecule has 1 amide bonds. The maximum absolute atomic E-state index is 12.1. The van der Waals surface area contributed by atoms with E-state index in [1.54, 1.807) is 24.3 Å². The number of para-hydroxylation sites is 1. The first-order valence-corrected chi connectivity index (χ1v) is 6.36. The maximum Gasteiger partial charge on any atom is 0.415 e. The SMILES string of the molecule is CC1CCCN(C(=O)Oc2ccccc2)C1C(=O)O. The molecule has 2 atom stereocenters. The van der Waals surface area contributed by atoms with Crippen molar-refractivity contribution in [2.24, 2.45) is 5.92 Å². The molecule has 1 saturated heterocycles. The van der Waals surface area contributed by atoms with Crippen LogP contribution in [0.1, 0.15) is 19.8 Å². The summed E-state index contributed by atoms with van der Waals surface area (Å²) in [5, 5.41) is 9.24. The number of ether oxygens (including phenoxy) is 1. The van der Waals surface area contributed by atoms with Gasteiger partial charge < -0.3 is 9.84 Å². The Labute approximate surface area is 111 Å². The van der Waals surface area contributed by atoms with Crippen LogP contribution in [0.3, 0.4) is 0 Å². The predicted molar refractivity (Wildman–Crippen MR) is 69.0 cm³/mol. The first-order valence-electron chi connectivity index (χ1n) is 6.36. The molecule has 5 heteroatoms. The van der Waals surface area contributed by atoms with Gasteiger partial charge in [0.1, 0.15) is 11.8 Å². The fourth-order valence-electron chi connectivity index (χ4n) is 2.42. The van der Waals surface area contributed by atoms with E-state index in [0.29, 0.717) is 12.3 Å². The van der Waals surface area contributed by atoms with Crippen LogP contribution in [-0.4, -0.2) is 34.7 Å². The molecular formula is C14H17NO4. The third kappa shape index (κ3) is 3.05. The van der Waals surface area contributed by atoms with Gasteiger partial charge in [-0.3, -0.25) is 4.90 Å². The van der Waals surface area contributed by atoms with Crippen LogP contribution < -0.4 is 4.74 Å². The Bertz CT molecular complexity index is 460. The summed E-state index contributed by atoms with van der Waals surface area (Å²) in [4.78, 5) is 24.7. The minimum absolute atomic E-state index is 0.0606. The number of likely N-dealkylation sites (tertiary alicyclic amines) is 1. The highest BCUT2D eigenvalue weighted by Crippen LogP contribution is 2.24. The van der Waals surface area contributed by atoms with Gasteiger partial charge in [-0.2, -0.15) is 0 Å². The van der Waals surface area contributed by atoms with Crippen molar-refractivity contribution >= 4 is 12.1 Å². The number of carbonyl (C=O) groups is 2. The van der Waals surface area contributed by atoms with Crippen molar-refractivity contribution in [1.29, 1.82) is 0 Å². The van der Waals surface area contributed by atoms with E-state index in [-0.39, 0.29) is 5.92 Å². The molecule has 0 spiro atoms. The summed E-state index contributed by atoms with van der Waals surface area (Å²) < 4.78 is 5.21. The summed E-state index contributed by atoms with van der Waals surface area (Å²) in [7, 11) is 0. The molecule has 1 aliphatic rings. The summed E-state index contributed by atoms with van der Waals surface area (Å²) >= 11 is 0. The third-order valence-corrected chi connectivity index (χ3v) is 3.37. The molecule has 1 aromatic carbocycles. The van der Waals surface area contributed by atoms with Crippen LogP contribution >= 0.6 is 0 Å². The third-order valence-electron chi connectivity index (χ3n) is 3.37. The van der Waals surface area contributed by atoms with Gasteiger partial charge in [-0.05, 0) is 30.9 Å². The van der Waals surface area contributed by atoms with Crippen LogP contribution in [0.5, 0.6) is 5.75 Å². The average molecular weight is 263 g/mol. The Morgan fingerprint density at radius 1 is 1.32 bits per heavy atom. The molecular weight excluding hydrogens is 246 g/mol. The number of hydrogen-bond acceptors (Lipinski definition) is 3. The van der Waals surface area contributed by atoms with E-state index >= 15 is 0 Å². The summed E-state index contributed by atoms with van der Waals surface area (Å²) in [5.41, 5.74) is 0. The normalized spacial score (nSPS) is 22.9. The molecule has 1 fully saturated rings. The zero-order chi connectivity index (χ0) is 13.8. The number of rotatable bonds is 2. The van der Waals surface area contributed by atoms with Crippen LogP contribution in [0.25, 0.3) is 0 Å². The number of aliphatic carboxylic acids is 1. The lowest BCUT2D eigenvalue weighted by atomic mass is 9.91. The molecule has 2 unspecified atom stereocenters. The maximum atomic E-state index is 12.1. The Kier molecular flexibility index (Phi) is 4.04. The van der Waals surface area contributed by atoms with Gasteiger partial charge >= 0.3 is 12.1 Å². The monoisotopic (exact) mass is 263 g/mol. The molecule has 1 heterocycles. The molecule has 0 aliphatic carbocycles. The van der Waals surface area contributed by atoms with Gasteiger partial charge in [0, 0.05) is 6.54 Å². The molecule has 0 bridgehead atoms. The van der Waals surface area contributed by atoms with E-state index in [1.807, 2.05) is 13.0 Å². The molecule has 0 aromatic heterocycles. The zero-order valence-electron chi connectivity index (χ0n) is 10.8. The molecule has 5 nitrogen and oxygen atoms in total. The number of carbonyl (C=O) groups excluding carboxylic acids is 1. The number of piperidine rings is 1. The molecule has 0 radical (unpaired) electrons. The summed E-state index contributed by atoms with van der Waals surface area (Å²) in [5.74, 6) is -0.610. The molecule has 1 aliphatic heterocycles. The molecule has 19 heavy (non-hydrogen) atoms. The van der Waals surface area contributed by atoms with E-state index < -0.39 is 18.1 Å². The van der Waals surface area contributed by atoms with Crippen LogP contribution in [0.15, 0.2) is 30.3 Å². The van der Waals surface area contributed by atoms with Gasteiger partial charge in [-0.1, -0.05) is 25.1 Å². The first kappa shape index (κ1) is 13.4. The highest BCUT2D eigenvalue weighted by Gasteiger charge is 2.38. The van der Waals surface area contributed by atoms with E-state index in [2.05, 4.69) is 0 Å². The number of amides is 1. The van der Waals surface area contributed by atoms with Crippen molar-refractivity contribution in [3.8, 4) is 5.75 Å². The second kappa shape index (κ2) is 5.73. The second-order valence-corrected chi connectivity index (χ2v) is 4.78. The van der Waals surface area contributed by atoms with Gasteiger partial charge in [0.15, 0.2) is 0 Å². The van der Waals surface area contributed by atoms with Crippen LogP contribution in [0.2, 0.25) is 0 Å². The Hall–Kier alpha value is -2.04. The van der Waals surface area contributed by atoms with Gasteiger partial charge in [-0.15, -0.1) is 0 Å². The predicted octanol–water partition coefficient (Wildman–Crippen LogP) is 2.37. The first-order chi connectivity index (χ1) is 9.09. The molecule has 0 saturated carbocycles. The van der Waals surface area contributed by atoms with Crippen LogP contribution in [0, 0.1) is 5.92 Å². The molecule has 1 aromatic rings. The lowest BCUT2D eigenvalue weighted by Gasteiger charge is -2.36. The van der Waals surface area contributed by atoms with Gasteiger partial charge in [0.2, 0.25) is 0 Å². The van der Waals surface area contributed by atoms with E-state index in [4.69, 9.17) is 4.74 Å². The van der Waals surface area contributed by atoms with Crippen molar-refractivity contribution in [2.45, 2.75) is 25.8 Å². The Morgan fingerprint density at radius 2 is 2.00 bits per heavy atom. The fraction of sp³-hybridized carbons (Fsp3) is 0.429. The largest absolute Gasteiger partial charge is 0.480 e. The molecule has 1 N–H and O–H groups in total. The highest BCUT2D eigenvalue weighted by molar-refractivity contribution is 5.81. The van der Waals surface area contributed by atoms with Crippen LogP contribution in [-0.2, 0) is 4.79 Å². The lowest BCUT2D eigenvalue weighted by molar-refractivity contribution is -0.145. The van der Waals surface area contributed by atoms with Gasteiger partial charge in [0.25, 0.3) is 0 Å². The zero-order valence-corrected chi connectivity index (χ0v) is 10.8. The Morgan fingerprint density at radius 3 is 2.63 bits per heavy atom. The minimum atomic E-state index is -0.975. The number of benzene rings is 1. The summed E-state index contributed by atoms with van der Waals surface area (Å²) in [6, 6.07) is 7.87. The average Bonchev–Trinajstić information content (AvgIpc) is 2.39. The second-order valence-electron chi connectivity index (χ2n) is 4.78. The summed E-state index contributed by atoms with van der Waals surface area (Å²) in [6.07, 6.45) is 1.02. The van der Waals surface area contributed by atoms with Crippen molar-refractivity contribution in [3.63, 3.8) is 0 Å². The highest BCUT2D eigenvalue weighted by atomic mass is 16.6. The van der Waals surface area contributed by atoms with Crippen molar-refractivity contribution < 1.29 is 19.4 Å². The molecule has 2 rings (SSSR count). The summed E-state index contributed by atoms with van der Waals surface area (Å²) in [6.45, 7) is 2.27. The minimum Gasteiger partial charge on any atom is -0.480 e. The van der Waals surface area contributed by atoms with Crippen molar-refractivity contribution in [2.75, 3.05) is 6.54 Å². The molecule has 102 valence electrons. The van der Waals surface area contributed by atoms with E-state index in [0.717, 1.165) is 12.8 Å². The topological polar surface area (TPSA) is 66.8 Å². The van der Waals surface area contributed by atoms with Crippen molar-refractivity contribution in [1.82, 2.24) is 4.90 Å². The number of nitrogens with zero attached hydrogens (tertiary/aromatic N) is 1. The standard InChI is InChI=1S/C14H17NO4/c1-10-6-5-9-15(12(10)13(16)17)14(18)19-11-7-3-2-4-8-11/h2-4,7-8,10,12H,5-6,9H2,1H3,(H,16,17). The number of hydrogen-bond donors (Lipinski definition) is 1. The fourth-order valence-corrected chi connectivity index (χ4v) is 2.42. The number of carboxylic acid groups (broad SMARTS) is 1. The quantitative estimate of drug-likeness (QED) is 0.889. The number of carboxylic acids is 1. The smallest absolute Gasteiger partial charge is 0.415 e.